The molecule has 140 valence electrons. The molecule has 0 aliphatic carbocycles. The molecule has 0 saturated carbocycles. The molecule has 2 rings (SSSR count). The van der Waals surface area contributed by atoms with E-state index in [0.717, 1.165) is 22.0 Å². The molecule has 0 spiro atoms. The van der Waals surface area contributed by atoms with Crippen LogP contribution < -0.4 is 24.4 Å². The first-order valence-corrected chi connectivity index (χ1v) is 8.47. The number of ether oxygens (including phenoxy) is 3. The van der Waals surface area contributed by atoms with Crippen LogP contribution in [-0.2, 0) is 11.3 Å². The lowest BCUT2D eigenvalue weighted by Gasteiger charge is -2.22. The number of rotatable bonds is 8. The van der Waals surface area contributed by atoms with Gasteiger partial charge in [-0.2, -0.15) is 0 Å². The summed E-state index contributed by atoms with van der Waals surface area (Å²) in [5.74, 6) is 2.06. The zero-order chi connectivity index (χ0) is 19.1. The largest absolute Gasteiger partial charge is 0.497 e. The average molecular weight is 359 g/mol. The number of hydrogen-bond acceptors (Lipinski definition) is 4. The molecule has 1 unspecified atom stereocenters. The van der Waals surface area contributed by atoms with Gasteiger partial charge in [-0.15, -0.1) is 0 Å². The molecule has 0 aromatic heterocycles. The third kappa shape index (κ3) is 4.67. The van der Waals surface area contributed by atoms with Crippen molar-refractivity contribution in [3.63, 3.8) is 0 Å². The van der Waals surface area contributed by atoms with Gasteiger partial charge in [0.2, 0.25) is 0 Å². The van der Waals surface area contributed by atoms with Gasteiger partial charge < -0.3 is 24.4 Å². The van der Waals surface area contributed by atoms with Crippen molar-refractivity contribution < 1.29 is 23.9 Å². The van der Waals surface area contributed by atoms with E-state index >= 15 is 0 Å². The van der Waals surface area contributed by atoms with Crippen molar-refractivity contribution in [1.82, 2.24) is 0 Å². The van der Waals surface area contributed by atoms with E-state index in [2.05, 4.69) is 5.32 Å². The van der Waals surface area contributed by atoms with Crippen molar-refractivity contribution in [2.24, 2.45) is 0 Å². The summed E-state index contributed by atoms with van der Waals surface area (Å²) in [7, 11) is 6.82. The minimum Gasteiger partial charge on any atom is -0.497 e. The molecule has 2 aromatic rings. The minimum absolute atomic E-state index is 0.0699. The highest BCUT2D eigenvalue weighted by Gasteiger charge is 2.24. The average Bonchev–Trinajstić information content (AvgIpc) is 2.67. The summed E-state index contributed by atoms with van der Waals surface area (Å²) in [4.78, 5) is 13.7. The normalized spacial score (nSPS) is 12.8. The highest BCUT2D eigenvalue weighted by Crippen LogP contribution is 2.24. The lowest BCUT2D eigenvalue weighted by atomic mass is 10.1. The van der Waals surface area contributed by atoms with Gasteiger partial charge in [-0.1, -0.05) is 12.1 Å². The van der Waals surface area contributed by atoms with Crippen LogP contribution in [0.4, 0.5) is 5.69 Å². The molecule has 6 heteroatoms. The smallest absolute Gasteiger partial charge is 0.282 e. The molecule has 0 aliphatic heterocycles. The van der Waals surface area contributed by atoms with E-state index in [0.29, 0.717) is 18.0 Å². The topological polar surface area (TPSA) is 61.2 Å². The first-order valence-electron chi connectivity index (χ1n) is 8.47. The number of hydrogen-bond donors (Lipinski definition) is 2. The van der Waals surface area contributed by atoms with Crippen molar-refractivity contribution >= 4 is 11.6 Å². The van der Waals surface area contributed by atoms with Crippen LogP contribution in [0.1, 0.15) is 12.5 Å². The maximum absolute atomic E-state index is 12.6. The first kappa shape index (κ1) is 19.6. The number of nitrogens with one attached hydrogen (secondary N) is 2. The highest BCUT2D eigenvalue weighted by atomic mass is 16.5. The third-order valence-electron chi connectivity index (χ3n) is 4.46. The lowest BCUT2D eigenvalue weighted by Crippen LogP contribution is -3.12. The highest BCUT2D eigenvalue weighted by molar-refractivity contribution is 5.94. The van der Waals surface area contributed by atoms with Gasteiger partial charge in [0.05, 0.1) is 34.1 Å². The Balaban J connectivity index is 2.07. The number of amides is 1. The van der Waals surface area contributed by atoms with Crippen molar-refractivity contribution in [2.75, 3.05) is 33.7 Å². The van der Waals surface area contributed by atoms with E-state index < -0.39 is 0 Å². The van der Waals surface area contributed by atoms with Gasteiger partial charge in [0.1, 0.15) is 23.8 Å². The summed E-state index contributed by atoms with van der Waals surface area (Å²) in [6, 6.07) is 12.8. The number of anilines is 1. The quantitative estimate of drug-likeness (QED) is 0.754. The second-order valence-corrected chi connectivity index (χ2v) is 6.11. The fourth-order valence-corrected chi connectivity index (χ4v) is 2.66. The summed E-state index contributed by atoms with van der Waals surface area (Å²) in [6.07, 6.45) is 0. The third-order valence-corrected chi connectivity index (χ3v) is 4.46. The molecule has 1 amide bonds. The number of benzene rings is 2. The molecule has 0 bridgehead atoms. The van der Waals surface area contributed by atoms with Crippen LogP contribution in [0.2, 0.25) is 0 Å². The number of likely N-dealkylation sites (N-methyl/N-ethyl adjacent to an activating group) is 1. The lowest BCUT2D eigenvalue weighted by molar-refractivity contribution is -0.907. The molecule has 0 aliphatic rings. The van der Waals surface area contributed by atoms with E-state index in [9.17, 15) is 4.79 Å². The molecule has 2 aromatic carbocycles. The molecule has 2 atom stereocenters. The van der Waals surface area contributed by atoms with Crippen LogP contribution in [0.25, 0.3) is 0 Å². The second-order valence-electron chi connectivity index (χ2n) is 6.11. The Kier molecular flexibility index (Phi) is 6.86. The molecule has 0 fully saturated rings. The summed E-state index contributed by atoms with van der Waals surface area (Å²) >= 11 is 0. The Bertz CT molecular complexity index is 748. The summed E-state index contributed by atoms with van der Waals surface area (Å²) in [6.45, 7) is 2.55. The predicted octanol–water partition coefficient (Wildman–Crippen LogP) is 1.75. The predicted molar refractivity (Wildman–Crippen MR) is 101 cm³/mol. The number of para-hydroxylation sites is 2. The number of carbonyl (C=O) groups is 1. The van der Waals surface area contributed by atoms with E-state index in [-0.39, 0.29) is 11.9 Å². The van der Waals surface area contributed by atoms with Gasteiger partial charge in [-0.25, -0.2) is 0 Å². The Morgan fingerprint density at radius 2 is 1.73 bits per heavy atom. The van der Waals surface area contributed by atoms with Crippen LogP contribution in [0.3, 0.4) is 0 Å². The molecule has 0 heterocycles. The maximum atomic E-state index is 12.6. The van der Waals surface area contributed by atoms with Crippen LogP contribution in [0.5, 0.6) is 17.2 Å². The van der Waals surface area contributed by atoms with Gasteiger partial charge in [0.15, 0.2) is 6.04 Å². The van der Waals surface area contributed by atoms with Crippen LogP contribution in [-0.4, -0.2) is 40.3 Å². The van der Waals surface area contributed by atoms with Gasteiger partial charge in [-0.3, -0.25) is 4.79 Å². The Labute approximate surface area is 154 Å². The fraction of sp³-hybridized carbons (Fsp3) is 0.350. The van der Waals surface area contributed by atoms with E-state index in [4.69, 9.17) is 14.2 Å². The molecule has 26 heavy (non-hydrogen) atoms. The fourth-order valence-electron chi connectivity index (χ4n) is 2.66. The first-order chi connectivity index (χ1) is 12.5. The zero-order valence-corrected chi connectivity index (χ0v) is 16.0. The molecule has 2 N–H and O–H groups in total. The van der Waals surface area contributed by atoms with Gasteiger partial charge in [-0.05, 0) is 31.2 Å². The van der Waals surface area contributed by atoms with Crippen LogP contribution in [0, 0.1) is 0 Å². The molecular weight excluding hydrogens is 332 g/mol. The maximum Gasteiger partial charge on any atom is 0.282 e. The van der Waals surface area contributed by atoms with E-state index in [1.807, 2.05) is 56.4 Å². The van der Waals surface area contributed by atoms with Crippen LogP contribution in [0.15, 0.2) is 42.5 Å². The van der Waals surface area contributed by atoms with Crippen LogP contribution >= 0.6 is 0 Å². The summed E-state index contributed by atoms with van der Waals surface area (Å²) < 4.78 is 16.0. The number of carbonyl (C=O) groups excluding carboxylic acids is 1. The summed E-state index contributed by atoms with van der Waals surface area (Å²) in [5.41, 5.74) is 1.68. The standard InChI is InChI=1S/C20H26N2O4/c1-14(20(23)21-17-8-6-7-9-18(17)25-4)22(2)13-15-10-11-16(24-3)12-19(15)26-5/h6-12,14H,13H2,1-5H3,(H,21,23)/p+1/t14-/m0/s1. The number of quaternary nitrogens is 1. The minimum atomic E-state index is -0.258. The SMILES string of the molecule is COc1ccc(C[NH+](C)[C@@H](C)C(=O)Nc2ccccc2OC)c(OC)c1. The summed E-state index contributed by atoms with van der Waals surface area (Å²) in [5, 5.41) is 2.94. The van der Waals surface area contributed by atoms with E-state index in [1.54, 1.807) is 21.3 Å². The van der Waals surface area contributed by atoms with Crippen molar-refractivity contribution in [3.05, 3.63) is 48.0 Å². The van der Waals surface area contributed by atoms with E-state index in [1.165, 1.54) is 0 Å². The zero-order valence-electron chi connectivity index (χ0n) is 16.0. The van der Waals surface area contributed by atoms with Gasteiger partial charge >= 0.3 is 0 Å². The van der Waals surface area contributed by atoms with Crippen molar-refractivity contribution in [3.8, 4) is 17.2 Å². The Hall–Kier alpha value is -2.73. The molecule has 0 saturated heterocycles. The van der Waals surface area contributed by atoms with Crippen molar-refractivity contribution in [1.29, 1.82) is 0 Å². The monoisotopic (exact) mass is 359 g/mol. The van der Waals surface area contributed by atoms with Gasteiger partial charge in [0.25, 0.3) is 5.91 Å². The van der Waals surface area contributed by atoms with Gasteiger partial charge in [0, 0.05) is 11.6 Å². The van der Waals surface area contributed by atoms with Crippen molar-refractivity contribution in [2.45, 2.75) is 19.5 Å². The molecular formula is C20H27N2O4+. The Morgan fingerprint density at radius 3 is 2.38 bits per heavy atom. The molecule has 0 radical (unpaired) electrons. The second kappa shape index (κ2) is 9.10. The molecule has 6 nitrogen and oxygen atoms in total. The number of methoxy groups -OCH3 is 3. The Morgan fingerprint density at radius 1 is 1.04 bits per heavy atom.